The average molecular weight is 290 g/mol. The lowest BCUT2D eigenvalue weighted by atomic mass is 10.1. The molecule has 0 fully saturated rings. The summed E-state index contributed by atoms with van der Waals surface area (Å²) in [5.74, 6) is -0.284. The van der Waals surface area contributed by atoms with Crippen molar-refractivity contribution in [2.45, 2.75) is 19.9 Å². The van der Waals surface area contributed by atoms with E-state index in [-0.39, 0.29) is 17.9 Å². The van der Waals surface area contributed by atoms with Crippen molar-refractivity contribution < 1.29 is 9.18 Å². The second-order valence-corrected chi connectivity index (χ2v) is 4.85. The van der Waals surface area contributed by atoms with Gasteiger partial charge in [-0.2, -0.15) is 5.10 Å². The van der Waals surface area contributed by atoms with Crippen LogP contribution in [0.25, 0.3) is 0 Å². The van der Waals surface area contributed by atoms with Crippen LogP contribution in [-0.4, -0.2) is 27.3 Å². The summed E-state index contributed by atoms with van der Waals surface area (Å²) in [7, 11) is 1.79. The Morgan fingerprint density at radius 2 is 2.10 bits per heavy atom. The van der Waals surface area contributed by atoms with Crippen LogP contribution < -0.4 is 5.32 Å². The van der Waals surface area contributed by atoms with Crippen molar-refractivity contribution >= 4 is 11.7 Å². The summed E-state index contributed by atoms with van der Waals surface area (Å²) < 4.78 is 14.6. The average Bonchev–Trinajstić information content (AvgIpc) is 2.85. The molecule has 2 rings (SSSR count). The van der Waals surface area contributed by atoms with E-state index in [1.807, 2.05) is 13.8 Å². The van der Waals surface area contributed by atoms with Gasteiger partial charge in [0.1, 0.15) is 5.82 Å². The van der Waals surface area contributed by atoms with E-state index in [0.717, 1.165) is 5.56 Å². The smallest absolute Gasteiger partial charge is 0.318 e. The standard InChI is InChI=1S/C15H19FN4O/c1-4-20(11(2)12-5-7-13(16)8-6-12)15(21)18-14-9-17-19(3)10-14/h5-11H,4H2,1-3H3,(H,18,21)/t11-/m1/s1. The van der Waals surface area contributed by atoms with Crippen molar-refractivity contribution in [2.75, 3.05) is 11.9 Å². The zero-order valence-electron chi connectivity index (χ0n) is 12.4. The largest absolute Gasteiger partial charge is 0.322 e. The number of amides is 2. The molecule has 2 aromatic rings. The lowest BCUT2D eigenvalue weighted by Gasteiger charge is -2.28. The molecule has 0 aliphatic rings. The minimum absolute atomic E-state index is 0.146. The van der Waals surface area contributed by atoms with E-state index < -0.39 is 0 Å². The Morgan fingerprint density at radius 3 is 2.62 bits per heavy atom. The minimum atomic E-state index is -0.284. The maximum Gasteiger partial charge on any atom is 0.322 e. The van der Waals surface area contributed by atoms with Crippen molar-refractivity contribution in [1.29, 1.82) is 0 Å². The molecule has 0 unspecified atom stereocenters. The third-order valence-electron chi connectivity index (χ3n) is 3.38. The molecule has 1 N–H and O–H groups in total. The zero-order valence-corrected chi connectivity index (χ0v) is 12.4. The van der Waals surface area contributed by atoms with Crippen LogP contribution in [0.3, 0.4) is 0 Å². The number of nitrogens with one attached hydrogen (secondary N) is 1. The Labute approximate surface area is 123 Å². The first-order valence-corrected chi connectivity index (χ1v) is 6.83. The fourth-order valence-corrected chi connectivity index (χ4v) is 2.20. The summed E-state index contributed by atoms with van der Waals surface area (Å²) in [6, 6.07) is 5.84. The molecule has 2 amide bonds. The topological polar surface area (TPSA) is 50.2 Å². The predicted molar refractivity (Wildman–Crippen MR) is 79.4 cm³/mol. The Balaban J connectivity index is 2.10. The predicted octanol–water partition coefficient (Wildman–Crippen LogP) is 3.17. The van der Waals surface area contributed by atoms with E-state index in [0.29, 0.717) is 12.2 Å². The summed E-state index contributed by atoms with van der Waals surface area (Å²) in [5.41, 5.74) is 1.53. The van der Waals surface area contributed by atoms with Gasteiger partial charge in [-0.25, -0.2) is 9.18 Å². The summed E-state index contributed by atoms with van der Waals surface area (Å²) in [6.45, 7) is 4.37. The van der Waals surface area contributed by atoms with Crippen molar-refractivity contribution in [3.05, 3.63) is 48.0 Å². The number of aryl methyl sites for hydroxylation is 1. The fourth-order valence-electron chi connectivity index (χ4n) is 2.20. The minimum Gasteiger partial charge on any atom is -0.318 e. The first-order chi connectivity index (χ1) is 10.0. The molecular weight excluding hydrogens is 271 g/mol. The van der Waals surface area contributed by atoms with Gasteiger partial charge in [0.25, 0.3) is 0 Å². The van der Waals surface area contributed by atoms with Gasteiger partial charge in [-0.15, -0.1) is 0 Å². The van der Waals surface area contributed by atoms with Crippen LogP contribution in [-0.2, 0) is 7.05 Å². The summed E-state index contributed by atoms with van der Waals surface area (Å²) in [6.07, 6.45) is 3.32. The van der Waals surface area contributed by atoms with Gasteiger partial charge in [0.15, 0.2) is 0 Å². The summed E-state index contributed by atoms with van der Waals surface area (Å²) in [5, 5.41) is 6.81. The van der Waals surface area contributed by atoms with Crippen LogP contribution in [0.15, 0.2) is 36.7 Å². The summed E-state index contributed by atoms with van der Waals surface area (Å²) >= 11 is 0. The maximum absolute atomic E-state index is 13.0. The van der Waals surface area contributed by atoms with Crippen LogP contribution in [0.1, 0.15) is 25.5 Å². The highest BCUT2D eigenvalue weighted by molar-refractivity contribution is 5.89. The molecule has 0 bridgehead atoms. The third kappa shape index (κ3) is 3.59. The first kappa shape index (κ1) is 15.0. The number of urea groups is 1. The number of benzene rings is 1. The van der Waals surface area contributed by atoms with Crippen LogP contribution in [0.2, 0.25) is 0 Å². The third-order valence-corrected chi connectivity index (χ3v) is 3.38. The lowest BCUT2D eigenvalue weighted by Crippen LogP contribution is -2.36. The van der Waals surface area contributed by atoms with E-state index in [2.05, 4.69) is 10.4 Å². The fraction of sp³-hybridized carbons (Fsp3) is 0.333. The Kier molecular flexibility index (Phi) is 4.57. The molecular formula is C15H19FN4O. The Hall–Kier alpha value is -2.37. The Morgan fingerprint density at radius 1 is 1.43 bits per heavy atom. The number of aromatic nitrogens is 2. The first-order valence-electron chi connectivity index (χ1n) is 6.83. The molecule has 0 aliphatic carbocycles. The lowest BCUT2D eigenvalue weighted by molar-refractivity contribution is 0.197. The molecule has 1 aromatic heterocycles. The highest BCUT2D eigenvalue weighted by atomic mass is 19.1. The zero-order chi connectivity index (χ0) is 15.4. The molecule has 0 saturated carbocycles. The van der Waals surface area contributed by atoms with E-state index >= 15 is 0 Å². The number of halogens is 1. The van der Waals surface area contributed by atoms with Gasteiger partial charge in [-0.3, -0.25) is 4.68 Å². The van der Waals surface area contributed by atoms with E-state index in [1.54, 1.807) is 41.2 Å². The monoisotopic (exact) mass is 290 g/mol. The maximum atomic E-state index is 13.0. The highest BCUT2D eigenvalue weighted by Crippen LogP contribution is 2.21. The number of hydrogen-bond acceptors (Lipinski definition) is 2. The molecule has 0 spiro atoms. The molecule has 6 heteroatoms. The SMILES string of the molecule is CCN(C(=O)Nc1cnn(C)c1)[C@H](C)c1ccc(F)cc1. The molecule has 0 radical (unpaired) electrons. The Bertz CT molecular complexity index is 608. The van der Waals surface area contributed by atoms with Gasteiger partial charge in [0.2, 0.25) is 0 Å². The van der Waals surface area contributed by atoms with Gasteiger partial charge in [-0.05, 0) is 31.5 Å². The molecule has 1 atom stereocenters. The number of rotatable bonds is 4. The number of anilines is 1. The van der Waals surface area contributed by atoms with Crippen molar-refractivity contribution in [1.82, 2.24) is 14.7 Å². The van der Waals surface area contributed by atoms with Gasteiger partial charge < -0.3 is 10.2 Å². The van der Waals surface area contributed by atoms with Gasteiger partial charge in [-0.1, -0.05) is 12.1 Å². The van der Waals surface area contributed by atoms with Crippen LogP contribution in [0.5, 0.6) is 0 Å². The van der Waals surface area contributed by atoms with Crippen molar-refractivity contribution in [2.24, 2.45) is 7.05 Å². The molecule has 112 valence electrons. The number of carbonyl (C=O) groups is 1. The molecule has 21 heavy (non-hydrogen) atoms. The van der Waals surface area contributed by atoms with Crippen molar-refractivity contribution in [3.63, 3.8) is 0 Å². The van der Waals surface area contributed by atoms with Crippen LogP contribution in [0.4, 0.5) is 14.9 Å². The van der Waals surface area contributed by atoms with Gasteiger partial charge in [0, 0.05) is 19.8 Å². The molecule has 0 saturated heterocycles. The second-order valence-electron chi connectivity index (χ2n) is 4.85. The van der Waals surface area contributed by atoms with E-state index in [4.69, 9.17) is 0 Å². The van der Waals surface area contributed by atoms with Gasteiger partial charge in [0.05, 0.1) is 17.9 Å². The molecule has 5 nitrogen and oxygen atoms in total. The molecule has 0 aliphatic heterocycles. The number of carbonyl (C=O) groups excluding carboxylic acids is 1. The number of nitrogens with zero attached hydrogens (tertiary/aromatic N) is 3. The second kappa shape index (κ2) is 6.39. The van der Waals surface area contributed by atoms with E-state index in [9.17, 15) is 9.18 Å². The normalized spacial score (nSPS) is 12.0. The van der Waals surface area contributed by atoms with Crippen molar-refractivity contribution in [3.8, 4) is 0 Å². The molecule has 1 aromatic carbocycles. The molecule has 1 heterocycles. The van der Waals surface area contributed by atoms with E-state index in [1.165, 1.54) is 12.1 Å². The number of hydrogen-bond donors (Lipinski definition) is 1. The van der Waals surface area contributed by atoms with Crippen LogP contribution >= 0.6 is 0 Å². The quantitative estimate of drug-likeness (QED) is 0.940. The summed E-state index contributed by atoms with van der Waals surface area (Å²) in [4.78, 5) is 14.0. The van der Waals surface area contributed by atoms with Gasteiger partial charge >= 0.3 is 6.03 Å². The van der Waals surface area contributed by atoms with Crippen LogP contribution in [0, 0.1) is 5.82 Å². The highest BCUT2D eigenvalue weighted by Gasteiger charge is 2.20.